The molecular weight excluding hydrogens is 246 g/mol. The zero-order valence-corrected chi connectivity index (χ0v) is 12.9. The molecule has 0 aromatic rings. The second kappa shape index (κ2) is 9.19. The molecule has 0 radical (unpaired) electrons. The van der Waals surface area contributed by atoms with E-state index in [1.807, 2.05) is 6.92 Å². The summed E-state index contributed by atoms with van der Waals surface area (Å²) in [5.74, 6) is 8.85. The summed E-state index contributed by atoms with van der Waals surface area (Å²) in [6, 6.07) is 0.642. The van der Waals surface area contributed by atoms with Crippen LogP contribution in [0, 0.1) is 11.8 Å². The number of hydrogen-bond acceptors (Lipinski definition) is 3. The smallest absolute Gasteiger partial charge is 0.0320 e. The molecule has 1 saturated heterocycles. The van der Waals surface area contributed by atoms with Crippen LogP contribution in [0.15, 0.2) is 0 Å². The molecule has 1 fully saturated rings. The van der Waals surface area contributed by atoms with Crippen molar-refractivity contribution in [2.75, 3.05) is 18.1 Å². The molecule has 1 aliphatic heterocycles. The first-order valence-corrected chi connectivity index (χ1v) is 8.79. The van der Waals surface area contributed by atoms with Gasteiger partial charge in [0.25, 0.3) is 0 Å². The van der Waals surface area contributed by atoms with E-state index in [4.69, 9.17) is 0 Å². The van der Waals surface area contributed by atoms with Gasteiger partial charge in [0, 0.05) is 34.5 Å². The first kappa shape index (κ1) is 15.3. The van der Waals surface area contributed by atoms with E-state index in [-0.39, 0.29) is 0 Å². The Labute approximate surface area is 115 Å². The maximum Gasteiger partial charge on any atom is 0.0320 e. The van der Waals surface area contributed by atoms with E-state index < -0.39 is 0 Å². The Morgan fingerprint density at radius 1 is 1.29 bits per heavy atom. The third-order valence-electron chi connectivity index (χ3n) is 3.11. The average molecular weight is 271 g/mol. The van der Waals surface area contributed by atoms with Crippen molar-refractivity contribution in [3.8, 4) is 11.8 Å². The van der Waals surface area contributed by atoms with Crippen LogP contribution in [0.2, 0.25) is 0 Å². The predicted molar refractivity (Wildman–Crippen MR) is 82.9 cm³/mol. The highest BCUT2D eigenvalue weighted by Gasteiger charge is 2.31. The monoisotopic (exact) mass is 271 g/mol. The Kier molecular flexibility index (Phi) is 8.26. The first-order chi connectivity index (χ1) is 8.33. The molecule has 1 N–H and O–H groups in total. The first-order valence-electron chi connectivity index (χ1n) is 6.69. The number of thioether (sulfide) groups is 2. The Bertz CT molecular complexity index is 257. The summed E-state index contributed by atoms with van der Waals surface area (Å²) < 4.78 is 0. The van der Waals surface area contributed by atoms with E-state index >= 15 is 0 Å². The van der Waals surface area contributed by atoms with Gasteiger partial charge in [0.2, 0.25) is 0 Å². The van der Waals surface area contributed by atoms with Crippen molar-refractivity contribution >= 4 is 23.5 Å². The largest absolute Gasteiger partial charge is 0.313 e. The number of nitrogens with one attached hydrogen (secondary N) is 1. The van der Waals surface area contributed by atoms with Gasteiger partial charge in [-0.25, -0.2) is 0 Å². The topological polar surface area (TPSA) is 12.0 Å². The summed E-state index contributed by atoms with van der Waals surface area (Å²) in [5.41, 5.74) is 0. The summed E-state index contributed by atoms with van der Waals surface area (Å²) in [7, 11) is 0. The molecule has 0 spiro atoms. The van der Waals surface area contributed by atoms with Crippen molar-refractivity contribution < 1.29 is 0 Å². The van der Waals surface area contributed by atoms with Crippen LogP contribution in [0.5, 0.6) is 0 Å². The van der Waals surface area contributed by atoms with Crippen LogP contribution in [-0.4, -0.2) is 34.6 Å². The molecule has 0 saturated carbocycles. The van der Waals surface area contributed by atoms with Crippen molar-refractivity contribution in [3.63, 3.8) is 0 Å². The Morgan fingerprint density at radius 2 is 2.06 bits per heavy atom. The standard InChI is InChI=1S/C14H25NS2/c1-4-7-8-9-12(15-6-3)14-13(5-2)16-10-11-17-14/h12-15H,5-6,8-11H2,1-3H3. The number of hydrogen-bond donors (Lipinski definition) is 1. The van der Waals surface area contributed by atoms with Crippen LogP contribution in [0.3, 0.4) is 0 Å². The maximum atomic E-state index is 3.67. The van der Waals surface area contributed by atoms with Gasteiger partial charge in [0.05, 0.1) is 0 Å². The highest BCUT2D eigenvalue weighted by atomic mass is 32.2. The molecule has 3 heteroatoms. The maximum absolute atomic E-state index is 3.67. The molecule has 98 valence electrons. The van der Waals surface area contributed by atoms with Crippen LogP contribution in [0.25, 0.3) is 0 Å². The van der Waals surface area contributed by atoms with E-state index in [0.717, 1.165) is 23.5 Å². The predicted octanol–water partition coefficient (Wildman–Crippen LogP) is 3.40. The van der Waals surface area contributed by atoms with Gasteiger partial charge < -0.3 is 5.32 Å². The van der Waals surface area contributed by atoms with E-state index in [2.05, 4.69) is 54.5 Å². The second-order valence-electron chi connectivity index (χ2n) is 4.28. The summed E-state index contributed by atoms with van der Waals surface area (Å²) in [6.07, 6.45) is 3.53. The fourth-order valence-electron chi connectivity index (χ4n) is 2.31. The fraction of sp³-hybridized carbons (Fsp3) is 0.857. The molecule has 1 aliphatic rings. The summed E-state index contributed by atoms with van der Waals surface area (Å²) in [5, 5.41) is 5.28. The van der Waals surface area contributed by atoms with Gasteiger partial charge in [-0.05, 0) is 26.3 Å². The van der Waals surface area contributed by atoms with Gasteiger partial charge in [0.1, 0.15) is 0 Å². The molecule has 0 bridgehead atoms. The molecular formula is C14H25NS2. The molecule has 1 rings (SSSR count). The minimum Gasteiger partial charge on any atom is -0.313 e. The Hall–Kier alpha value is 0.220. The van der Waals surface area contributed by atoms with Crippen LogP contribution in [-0.2, 0) is 0 Å². The van der Waals surface area contributed by atoms with Crippen molar-refractivity contribution in [2.24, 2.45) is 0 Å². The molecule has 17 heavy (non-hydrogen) atoms. The van der Waals surface area contributed by atoms with Crippen molar-refractivity contribution in [1.82, 2.24) is 5.32 Å². The SMILES string of the molecule is CC#CCCC(NCC)C1SCCSC1CC. The van der Waals surface area contributed by atoms with Gasteiger partial charge in [0.15, 0.2) is 0 Å². The van der Waals surface area contributed by atoms with E-state index in [1.54, 1.807) is 0 Å². The van der Waals surface area contributed by atoms with Crippen molar-refractivity contribution in [2.45, 2.75) is 56.6 Å². The minimum atomic E-state index is 0.642. The lowest BCUT2D eigenvalue weighted by Gasteiger charge is -2.36. The minimum absolute atomic E-state index is 0.642. The Balaban J connectivity index is 2.54. The van der Waals surface area contributed by atoms with Gasteiger partial charge in [-0.2, -0.15) is 23.5 Å². The molecule has 0 amide bonds. The average Bonchev–Trinajstić information content (AvgIpc) is 2.38. The molecule has 3 atom stereocenters. The third-order valence-corrected chi connectivity index (χ3v) is 6.52. The van der Waals surface area contributed by atoms with E-state index in [1.165, 1.54) is 24.3 Å². The van der Waals surface area contributed by atoms with Gasteiger partial charge in [-0.1, -0.05) is 13.8 Å². The summed E-state index contributed by atoms with van der Waals surface area (Å²) in [6.45, 7) is 7.54. The lowest BCUT2D eigenvalue weighted by molar-refractivity contribution is 0.470. The highest BCUT2D eigenvalue weighted by molar-refractivity contribution is 8.07. The van der Waals surface area contributed by atoms with Gasteiger partial charge in [-0.15, -0.1) is 11.8 Å². The van der Waals surface area contributed by atoms with Crippen LogP contribution in [0.1, 0.15) is 40.0 Å². The van der Waals surface area contributed by atoms with Crippen LogP contribution >= 0.6 is 23.5 Å². The van der Waals surface area contributed by atoms with E-state index in [9.17, 15) is 0 Å². The molecule has 1 heterocycles. The van der Waals surface area contributed by atoms with E-state index in [0.29, 0.717) is 6.04 Å². The fourth-order valence-corrected chi connectivity index (χ4v) is 5.61. The summed E-state index contributed by atoms with van der Waals surface area (Å²) in [4.78, 5) is 0. The third kappa shape index (κ3) is 5.16. The molecule has 3 unspecified atom stereocenters. The summed E-state index contributed by atoms with van der Waals surface area (Å²) >= 11 is 4.34. The Morgan fingerprint density at radius 3 is 2.71 bits per heavy atom. The lowest BCUT2D eigenvalue weighted by Crippen LogP contribution is -2.45. The second-order valence-corrected chi connectivity index (χ2v) is 6.92. The highest BCUT2D eigenvalue weighted by Crippen LogP contribution is 2.36. The zero-order chi connectivity index (χ0) is 12.5. The van der Waals surface area contributed by atoms with Crippen LogP contribution in [0.4, 0.5) is 0 Å². The van der Waals surface area contributed by atoms with Crippen molar-refractivity contribution in [3.05, 3.63) is 0 Å². The van der Waals surface area contributed by atoms with Gasteiger partial charge in [-0.3, -0.25) is 0 Å². The van der Waals surface area contributed by atoms with Crippen LogP contribution < -0.4 is 5.32 Å². The molecule has 0 aromatic carbocycles. The lowest BCUT2D eigenvalue weighted by atomic mass is 10.0. The number of rotatable bonds is 6. The zero-order valence-electron chi connectivity index (χ0n) is 11.3. The van der Waals surface area contributed by atoms with Gasteiger partial charge >= 0.3 is 0 Å². The normalized spacial score (nSPS) is 26.1. The van der Waals surface area contributed by atoms with Crippen molar-refractivity contribution in [1.29, 1.82) is 0 Å². The molecule has 0 aromatic heterocycles. The molecule has 0 aliphatic carbocycles. The molecule has 1 nitrogen and oxygen atoms in total. The quantitative estimate of drug-likeness (QED) is 0.744.